The molecule has 2 aliphatic heterocycles. The van der Waals surface area contributed by atoms with Gasteiger partial charge in [-0.15, -0.1) is 0 Å². The normalized spacial score (nSPS) is 12.5. The Morgan fingerprint density at radius 2 is 0.911 bits per heavy atom. The smallest absolute Gasteiger partial charge is 0.248 e. The van der Waals surface area contributed by atoms with Crippen LogP contribution in [0.5, 0.6) is 11.5 Å². The van der Waals surface area contributed by atoms with Crippen LogP contribution in [0.2, 0.25) is 0 Å². The molecule has 2 aliphatic rings. The van der Waals surface area contributed by atoms with Crippen LogP contribution >= 0.6 is 0 Å². The fourth-order valence-electron chi connectivity index (χ4n) is 7.20. The van der Waals surface area contributed by atoms with Crippen molar-refractivity contribution in [2.24, 2.45) is 0 Å². The summed E-state index contributed by atoms with van der Waals surface area (Å²) < 4.78 is 6.59. The Morgan fingerprint density at radius 1 is 0.400 bits per heavy atom. The van der Waals surface area contributed by atoms with Crippen LogP contribution in [0.25, 0.3) is 33.4 Å². The SMILES string of the molecule is c1ccc(-c2cc(-c3ccccc3)c(B3c4ccccc4N4c5ccccc5Oc5cccc3c54)c(-c3ccccc3)c2)cc1. The van der Waals surface area contributed by atoms with Crippen LogP contribution in [-0.2, 0) is 0 Å². The topological polar surface area (TPSA) is 12.5 Å². The highest BCUT2D eigenvalue weighted by molar-refractivity contribution is 6.99. The molecule has 7 aromatic rings. The van der Waals surface area contributed by atoms with Crippen LogP contribution in [0.4, 0.5) is 17.1 Å². The zero-order valence-electron chi connectivity index (χ0n) is 24.6. The molecule has 0 aromatic heterocycles. The van der Waals surface area contributed by atoms with Gasteiger partial charge in [0.25, 0.3) is 0 Å². The number of nitrogens with zero attached hydrogens (tertiary/aromatic N) is 1. The quantitative estimate of drug-likeness (QED) is 0.195. The number of benzene rings is 7. The van der Waals surface area contributed by atoms with E-state index in [1.54, 1.807) is 0 Å². The van der Waals surface area contributed by atoms with E-state index in [0.29, 0.717) is 0 Å². The monoisotopic (exact) mass is 573 g/mol. The molecule has 0 aliphatic carbocycles. The van der Waals surface area contributed by atoms with Crippen molar-refractivity contribution in [1.82, 2.24) is 0 Å². The summed E-state index contributed by atoms with van der Waals surface area (Å²) in [7, 11) is 0. The van der Waals surface area contributed by atoms with Gasteiger partial charge < -0.3 is 9.64 Å². The molecule has 3 heteroatoms. The van der Waals surface area contributed by atoms with Crippen LogP contribution in [0, 0.1) is 0 Å². The minimum atomic E-state index is -0.0310. The third kappa shape index (κ3) is 4.12. The van der Waals surface area contributed by atoms with Crippen LogP contribution in [0.15, 0.2) is 170 Å². The Bertz CT molecular complexity index is 2130. The Labute approximate surface area is 263 Å². The minimum Gasteiger partial charge on any atom is -0.453 e. The van der Waals surface area contributed by atoms with E-state index in [9.17, 15) is 0 Å². The van der Waals surface area contributed by atoms with Gasteiger partial charge >= 0.3 is 0 Å². The van der Waals surface area contributed by atoms with Crippen molar-refractivity contribution >= 4 is 40.2 Å². The Hall–Kier alpha value is -5.80. The Morgan fingerprint density at radius 3 is 1.58 bits per heavy atom. The van der Waals surface area contributed by atoms with Gasteiger partial charge in [0, 0.05) is 5.69 Å². The maximum absolute atomic E-state index is 6.59. The third-order valence-corrected chi connectivity index (χ3v) is 9.12. The van der Waals surface area contributed by atoms with Gasteiger partial charge in [-0.1, -0.05) is 139 Å². The molecule has 0 bridgehead atoms. The van der Waals surface area contributed by atoms with Gasteiger partial charge in [-0.2, -0.15) is 0 Å². The van der Waals surface area contributed by atoms with E-state index in [2.05, 4.69) is 169 Å². The molecule has 0 amide bonds. The van der Waals surface area contributed by atoms with E-state index in [-0.39, 0.29) is 6.71 Å². The molecule has 0 N–H and O–H groups in total. The summed E-state index contributed by atoms with van der Waals surface area (Å²) in [5.41, 5.74) is 14.5. The van der Waals surface area contributed by atoms with Crippen LogP contribution in [0.1, 0.15) is 0 Å². The zero-order valence-corrected chi connectivity index (χ0v) is 24.6. The second-order valence-electron chi connectivity index (χ2n) is 11.7. The summed E-state index contributed by atoms with van der Waals surface area (Å²) in [6, 6.07) is 61.0. The summed E-state index contributed by atoms with van der Waals surface area (Å²) in [4.78, 5) is 2.40. The van der Waals surface area contributed by atoms with Crippen molar-refractivity contribution in [3.63, 3.8) is 0 Å². The Kier molecular flexibility index (Phi) is 5.95. The number of ether oxygens (including phenoxy) is 1. The van der Waals surface area contributed by atoms with Crippen LogP contribution in [0.3, 0.4) is 0 Å². The first-order chi connectivity index (χ1) is 22.3. The van der Waals surface area contributed by atoms with Gasteiger partial charge in [0.2, 0.25) is 6.71 Å². The maximum atomic E-state index is 6.59. The maximum Gasteiger partial charge on any atom is 0.248 e. The van der Waals surface area contributed by atoms with Crippen molar-refractivity contribution in [3.05, 3.63) is 170 Å². The fraction of sp³-hybridized carbons (Fsp3) is 0. The van der Waals surface area contributed by atoms with Gasteiger partial charge in [0.1, 0.15) is 0 Å². The average molecular weight is 574 g/mol. The van der Waals surface area contributed by atoms with Crippen molar-refractivity contribution in [2.75, 3.05) is 4.90 Å². The first-order valence-electron chi connectivity index (χ1n) is 15.5. The molecule has 210 valence electrons. The minimum absolute atomic E-state index is 0.0310. The summed E-state index contributed by atoms with van der Waals surface area (Å²) >= 11 is 0. The van der Waals surface area contributed by atoms with Gasteiger partial charge in [-0.25, -0.2) is 0 Å². The number of hydrogen-bond donors (Lipinski definition) is 0. The molecule has 2 nitrogen and oxygen atoms in total. The largest absolute Gasteiger partial charge is 0.453 e. The lowest BCUT2D eigenvalue weighted by Gasteiger charge is -2.41. The summed E-state index contributed by atoms with van der Waals surface area (Å²) in [6.07, 6.45) is 0. The predicted molar refractivity (Wildman–Crippen MR) is 189 cm³/mol. The molecule has 0 fully saturated rings. The van der Waals surface area contributed by atoms with Gasteiger partial charge in [-0.3, -0.25) is 0 Å². The highest BCUT2D eigenvalue weighted by Crippen LogP contribution is 2.50. The van der Waals surface area contributed by atoms with E-state index in [4.69, 9.17) is 4.74 Å². The predicted octanol–water partition coefficient (Wildman–Crippen LogP) is 9.09. The summed E-state index contributed by atoms with van der Waals surface area (Å²) in [5, 5.41) is 0. The molecular formula is C42H28BNO. The van der Waals surface area contributed by atoms with E-state index in [0.717, 1.165) is 22.9 Å². The number of fused-ring (bicyclic) bond motifs is 4. The molecule has 0 radical (unpaired) electrons. The highest BCUT2D eigenvalue weighted by atomic mass is 16.5. The molecule has 7 aromatic carbocycles. The van der Waals surface area contributed by atoms with Crippen molar-refractivity contribution in [2.45, 2.75) is 0 Å². The number of hydrogen-bond acceptors (Lipinski definition) is 2. The lowest BCUT2D eigenvalue weighted by molar-refractivity contribution is 0.477. The van der Waals surface area contributed by atoms with Crippen molar-refractivity contribution < 1.29 is 4.74 Å². The molecule has 0 saturated heterocycles. The van der Waals surface area contributed by atoms with Gasteiger partial charge in [-0.05, 0) is 80.7 Å². The van der Waals surface area contributed by atoms with E-state index in [1.165, 1.54) is 55.5 Å². The number of para-hydroxylation sites is 4. The first-order valence-corrected chi connectivity index (χ1v) is 15.5. The van der Waals surface area contributed by atoms with Crippen LogP contribution < -0.4 is 26.0 Å². The molecule has 0 spiro atoms. The van der Waals surface area contributed by atoms with E-state index in [1.807, 2.05) is 6.07 Å². The van der Waals surface area contributed by atoms with Crippen molar-refractivity contribution in [3.8, 4) is 44.9 Å². The molecule has 45 heavy (non-hydrogen) atoms. The lowest BCUT2D eigenvalue weighted by atomic mass is 9.33. The second-order valence-corrected chi connectivity index (χ2v) is 11.7. The van der Waals surface area contributed by atoms with E-state index < -0.39 is 0 Å². The zero-order chi connectivity index (χ0) is 29.7. The molecule has 2 heterocycles. The van der Waals surface area contributed by atoms with Gasteiger partial charge in [0.05, 0.1) is 11.4 Å². The first kappa shape index (κ1) is 25.7. The summed E-state index contributed by atoms with van der Waals surface area (Å²) in [6.45, 7) is -0.0310. The molecular weight excluding hydrogens is 545 g/mol. The highest BCUT2D eigenvalue weighted by Gasteiger charge is 2.41. The second kappa shape index (κ2) is 10.4. The summed E-state index contributed by atoms with van der Waals surface area (Å²) in [5.74, 6) is 1.76. The molecule has 0 unspecified atom stereocenters. The Balaban J connectivity index is 1.40. The standard InChI is InChI=1S/C42H28BNO/c1-4-15-29(16-5-1)32-27-33(30-17-6-2-7-18-30)41(34(28-32)31-19-8-3-9-20-31)43-35-21-10-11-23-37(35)44-38-24-12-13-25-39(38)45-40-26-14-22-36(43)42(40)44/h1-28H. The third-order valence-electron chi connectivity index (χ3n) is 9.12. The van der Waals surface area contributed by atoms with Crippen molar-refractivity contribution in [1.29, 1.82) is 0 Å². The van der Waals surface area contributed by atoms with Gasteiger partial charge in [0.15, 0.2) is 11.5 Å². The average Bonchev–Trinajstić information content (AvgIpc) is 3.12. The van der Waals surface area contributed by atoms with E-state index >= 15 is 0 Å². The lowest BCUT2D eigenvalue weighted by Crippen LogP contribution is -2.58. The number of anilines is 3. The number of rotatable bonds is 4. The molecule has 9 rings (SSSR count). The molecule has 0 saturated carbocycles. The van der Waals surface area contributed by atoms with Crippen LogP contribution in [-0.4, -0.2) is 6.71 Å². The fourth-order valence-corrected chi connectivity index (χ4v) is 7.20. The molecule has 0 atom stereocenters.